The summed E-state index contributed by atoms with van der Waals surface area (Å²) in [6.45, 7) is 4.56. The fraction of sp³-hybridized carbons (Fsp3) is 0.917. The van der Waals surface area contributed by atoms with Crippen LogP contribution >= 0.6 is 0 Å². The first-order valence-electron chi connectivity index (χ1n) is 6.15. The van der Waals surface area contributed by atoms with Gasteiger partial charge in [0.05, 0.1) is 5.92 Å². The number of carbonyl (C=O) groups excluding carboxylic acids is 1. The Morgan fingerprint density at radius 1 is 1.33 bits per heavy atom. The maximum absolute atomic E-state index is 11.9. The van der Waals surface area contributed by atoms with Crippen molar-refractivity contribution in [2.45, 2.75) is 52.0 Å². The molecule has 0 aromatic heterocycles. The van der Waals surface area contributed by atoms with E-state index in [-0.39, 0.29) is 11.8 Å². The Bertz CT molecular complexity index is 198. The molecule has 3 nitrogen and oxygen atoms in total. The molecule has 0 aromatic carbocycles. The first kappa shape index (κ1) is 12.5. The van der Waals surface area contributed by atoms with Gasteiger partial charge in [-0.1, -0.05) is 33.1 Å². The summed E-state index contributed by atoms with van der Waals surface area (Å²) in [5.74, 6) is 0.463. The summed E-state index contributed by atoms with van der Waals surface area (Å²) in [4.78, 5) is 11.9. The average molecular weight is 212 g/mol. The Labute approximate surface area is 92.8 Å². The first-order valence-corrected chi connectivity index (χ1v) is 6.15. The highest BCUT2D eigenvalue weighted by molar-refractivity contribution is 5.79. The van der Waals surface area contributed by atoms with Crippen LogP contribution in [0.1, 0.15) is 46.0 Å². The van der Waals surface area contributed by atoms with Gasteiger partial charge in [-0.15, -0.1) is 0 Å². The van der Waals surface area contributed by atoms with E-state index in [4.69, 9.17) is 5.73 Å². The van der Waals surface area contributed by atoms with E-state index in [9.17, 15) is 4.79 Å². The summed E-state index contributed by atoms with van der Waals surface area (Å²) < 4.78 is 0. The number of amides is 1. The van der Waals surface area contributed by atoms with E-state index in [1.54, 1.807) is 0 Å². The van der Waals surface area contributed by atoms with E-state index < -0.39 is 0 Å². The molecule has 1 fully saturated rings. The van der Waals surface area contributed by atoms with Crippen molar-refractivity contribution in [3.05, 3.63) is 0 Å². The Balaban J connectivity index is 2.38. The zero-order chi connectivity index (χ0) is 11.3. The van der Waals surface area contributed by atoms with Crippen molar-refractivity contribution in [3.8, 4) is 0 Å². The van der Waals surface area contributed by atoms with Gasteiger partial charge in [0.15, 0.2) is 0 Å². The summed E-state index contributed by atoms with van der Waals surface area (Å²) >= 11 is 0. The van der Waals surface area contributed by atoms with Crippen molar-refractivity contribution in [2.24, 2.45) is 17.6 Å². The SMILES string of the molecule is CC(C)C(CN)C(=O)NC1CCCCC1. The highest BCUT2D eigenvalue weighted by atomic mass is 16.2. The molecule has 0 saturated heterocycles. The standard InChI is InChI=1S/C12H24N2O/c1-9(2)11(8-13)12(15)14-10-6-4-3-5-7-10/h9-11H,3-8,13H2,1-2H3,(H,14,15). The summed E-state index contributed by atoms with van der Waals surface area (Å²) in [5, 5.41) is 3.13. The molecule has 1 unspecified atom stereocenters. The molecule has 3 N–H and O–H groups in total. The van der Waals surface area contributed by atoms with E-state index in [0.717, 1.165) is 12.8 Å². The minimum atomic E-state index is -0.0214. The average Bonchev–Trinajstić information content (AvgIpc) is 2.19. The second kappa shape index (κ2) is 6.11. The van der Waals surface area contributed by atoms with Crippen LogP contribution in [0.2, 0.25) is 0 Å². The lowest BCUT2D eigenvalue weighted by atomic mass is 9.92. The molecule has 1 saturated carbocycles. The quantitative estimate of drug-likeness (QED) is 0.744. The van der Waals surface area contributed by atoms with E-state index >= 15 is 0 Å². The predicted octanol–water partition coefficient (Wildman–Crippen LogP) is 1.67. The molecule has 3 heteroatoms. The smallest absolute Gasteiger partial charge is 0.224 e. The molecule has 1 amide bonds. The van der Waals surface area contributed by atoms with Crippen molar-refractivity contribution in [1.29, 1.82) is 0 Å². The van der Waals surface area contributed by atoms with Gasteiger partial charge in [0, 0.05) is 12.6 Å². The molecule has 1 aliphatic rings. The number of hydrogen-bond acceptors (Lipinski definition) is 2. The number of carbonyl (C=O) groups is 1. The molecule has 0 radical (unpaired) electrons. The highest BCUT2D eigenvalue weighted by Gasteiger charge is 2.23. The largest absolute Gasteiger partial charge is 0.353 e. The Kier molecular flexibility index (Phi) is 5.09. The zero-order valence-electron chi connectivity index (χ0n) is 9.96. The number of nitrogens with one attached hydrogen (secondary N) is 1. The molecule has 0 heterocycles. The maximum Gasteiger partial charge on any atom is 0.224 e. The topological polar surface area (TPSA) is 55.1 Å². The molecule has 0 bridgehead atoms. The predicted molar refractivity (Wildman–Crippen MR) is 62.4 cm³/mol. The Morgan fingerprint density at radius 2 is 1.93 bits per heavy atom. The second-order valence-electron chi connectivity index (χ2n) is 4.93. The van der Waals surface area contributed by atoms with Crippen LogP contribution in [0.4, 0.5) is 0 Å². The lowest BCUT2D eigenvalue weighted by Gasteiger charge is -2.26. The number of rotatable bonds is 4. The fourth-order valence-corrected chi connectivity index (χ4v) is 2.24. The minimum Gasteiger partial charge on any atom is -0.353 e. The molecule has 1 aliphatic carbocycles. The number of hydrogen-bond donors (Lipinski definition) is 2. The lowest BCUT2D eigenvalue weighted by Crippen LogP contribution is -2.43. The van der Waals surface area contributed by atoms with Gasteiger partial charge in [0.1, 0.15) is 0 Å². The van der Waals surface area contributed by atoms with Gasteiger partial charge in [-0.25, -0.2) is 0 Å². The molecule has 15 heavy (non-hydrogen) atoms. The Hall–Kier alpha value is -0.570. The molecule has 1 rings (SSSR count). The molecule has 1 atom stereocenters. The van der Waals surface area contributed by atoms with Crippen LogP contribution in [0.25, 0.3) is 0 Å². The molecule has 0 aromatic rings. The van der Waals surface area contributed by atoms with Crippen molar-refractivity contribution in [3.63, 3.8) is 0 Å². The van der Waals surface area contributed by atoms with Crippen LogP contribution in [0.3, 0.4) is 0 Å². The summed E-state index contributed by atoms with van der Waals surface area (Å²) in [5.41, 5.74) is 5.62. The van der Waals surface area contributed by atoms with Crippen LogP contribution < -0.4 is 11.1 Å². The number of nitrogens with two attached hydrogens (primary N) is 1. The summed E-state index contributed by atoms with van der Waals surface area (Å²) in [6, 6.07) is 0.402. The van der Waals surface area contributed by atoms with E-state index in [2.05, 4.69) is 19.2 Å². The van der Waals surface area contributed by atoms with Crippen molar-refractivity contribution in [1.82, 2.24) is 5.32 Å². The Morgan fingerprint density at radius 3 is 2.40 bits per heavy atom. The van der Waals surface area contributed by atoms with Gasteiger partial charge < -0.3 is 11.1 Å². The van der Waals surface area contributed by atoms with Crippen molar-refractivity contribution in [2.75, 3.05) is 6.54 Å². The van der Waals surface area contributed by atoms with E-state index in [1.807, 2.05) is 0 Å². The normalized spacial score (nSPS) is 20.3. The minimum absolute atomic E-state index is 0.0214. The second-order valence-corrected chi connectivity index (χ2v) is 4.93. The van der Waals surface area contributed by atoms with Gasteiger partial charge in [0.2, 0.25) is 5.91 Å². The van der Waals surface area contributed by atoms with Gasteiger partial charge in [0.25, 0.3) is 0 Å². The third-order valence-electron chi connectivity index (χ3n) is 3.35. The molecule has 0 spiro atoms. The molecular weight excluding hydrogens is 188 g/mol. The van der Waals surface area contributed by atoms with Gasteiger partial charge in [-0.3, -0.25) is 4.79 Å². The third-order valence-corrected chi connectivity index (χ3v) is 3.35. The van der Waals surface area contributed by atoms with E-state index in [0.29, 0.717) is 18.5 Å². The summed E-state index contributed by atoms with van der Waals surface area (Å²) in [6.07, 6.45) is 6.10. The monoisotopic (exact) mass is 212 g/mol. The zero-order valence-corrected chi connectivity index (χ0v) is 9.96. The van der Waals surface area contributed by atoms with Crippen molar-refractivity contribution >= 4 is 5.91 Å². The maximum atomic E-state index is 11.9. The van der Waals surface area contributed by atoms with Gasteiger partial charge in [-0.05, 0) is 18.8 Å². The highest BCUT2D eigenvalue weighted by Crippen LogP contribution is 2.18. The van der Waals surface area contributed by atoms with Crippen LogP contribution in [-0.4, -0.2) is 18.5 Å². The third kappa shape index (κ3) is 3.82. The van der Waals surface area contributed by atoms with Crippen LogP contribution in [0.15, 0.2) is 0 Å². The fourth-order valence-electron chi connectivity index (χ4n) is 2.24. The van der Waals surface area contributed by atoms with Crippen LogP contribution in [-0.2, 0) is 4.79 Å². The van der Waals surface area contributed by atoms with Crippen LogP contribution in [0, 0.1) is 11.8 Å². The molecule has 88 valence electrons. The molecular formula is C12H24N2O. The lowest BCUT2D eigenvalue weighted by molar-refractivity contribution is -0.126. The van der Waals surface area contributed by atoms with Crippen LogP contribution in [0.5, 0.6) is 0 Å². The van der Waals surface area contributed by atoms with Crippen molar-refractivity contribution < 1.29 is 4.79 Å². The summed E-state index contributed by atoms with van der Waals surface area (Å²) in [7, 11) is 0. The van der Waals surface area contributed by atoms with Gasteiger partial charge in [-0.2, -0.15) is 0 Å². The van der Waals surface area contributed by atoms with Gasteiger partial charge >= 0.3 is 0 Å². The first-order chi connectivity index (χ1) is 7.15. The molecule has 0 aliphatic heterocycles. The van der Waals surface area contributed by atoms with E-state index in [1.165, 1.54) is 19.3 Å².